The Morgan fingerprint density at radius 3 is 2.68 bits per heavy atom. The van der Waals surface area contributed by atoms with Crippen LogP contribution in [0.1, 0.15) is 10.5 Å². The quantitative estimate of drug-likeness (QED) is 0.534. The molecule has 4 N–H and O–H groups in total. The second kappa shape index (κ2) is 6.34. The number of anilines is 1. The minimum atomic E-state index is -4.55. The number of amides is 1. The van der Waals surface area contributed by atoms with Crippen molar-refractivity contribution >= 4 is 11.7 Å². The van der Waals surface area contributed by atoms with Gasteiger partial charge in [0.05, 0.1) is 6.61 Å². The van der Waals surface area contributed by atoms with Crippen LogP contribution in [0.5, 0.6) is 0 Å². The summed E-state index contributed by atoms with van der Waals surface area (Å²) in [6.45, 7) is -2.45. The van der Waals surface area contributed by atoms with Crippen LogP contribution >= 0.6 is 0 Å². The van der Waals surface area contributed by atoms with Gasteiger partial charge in [-0.2, -0.15) is 13.2 Å². The topological polar surface area (TPSA) is 91.5 Å². The number of hydrogen-bond donors (Lipinski definition) is 3. The molecule has 0 unspecified atom stereocenters. The molecule has 0 radical (unpaired) electrons. The number of nitrogens with one attached hydrogen (secondary N) is 1. The fourth-order valence-corrected chi connectivity index (χ4v) is 1.39. The third kappa shape index (κ3) is 4.72. The van der Waals surface area contributed by atoms with Crippen molar-refractivity contribution in [1.29, 1.82) is 0 Å². The molecule has 0 aliphatic heterocycles. The van der Waals surface area contributed by atoms with Gasteiger partial charge in [0, 0.05) is 6.54 Å². The molecule has 0 aliphatic rings. The summed E-state index contributed by atoms with van der Waals surface area (Å²) in [7, 11) is 0. The normalized spacial score (nSPS) is 11.2. The van der Waals surface area contributed by atoms with E-state index in [-0.39, 0.29) is 11.5 Å². The summed E-state index contributed by atoms with van der Waals surface area (Å²) in [5.74, 6) is 4.33. The SMILES string of the molecule is NNc1cccc(C(=O)N(CCO)CC(F)(F)F)n1. The summed E-state index contributed by atoms with van der Waals surface area (Å²) in [6.07, 6.45) is -4.55. The average Bonchev–Trinajstić information content (AvgIpc) is 2.36. The lowest BCUT2D eigenvalue weighted by Gasteiger charge is -2.22. The van der Waals surface area contributed by atoms with Crippen molar-refractivity contribution in [2.45, 2.75) is 6.18 Å². The lowest BCUT2D eigenvalue weighted by atomic mass is 10.3. The van der Waals surface area contributed by atoms with Gasteiger partial charge in [0.1, 0.15) is 18.1 Å². The zero-order valence-corrected chi connectivity index (χ0v) is 9.81. The number of aliphatic hydroxyl groups is 1. The molecular weight excluding hydrogens is 265 g/mol. The molecule has 1 heterocycles. The third-order valence-electron chi connectivity index (χ3n) is 2.14. The molecule has 1 rings (SSSR count). The molecule has 9 heteroatoms. The average molecular weight is 278 g/mol. The smallest absolute Gasteiger partial charge is 0.395 e. The van der Waals surface area contributed by atoms with Gasteiger partial charge in [0.25, 0.3) is 5.91 Å². The highest BCUT2D eigenvalue weighted by Gasteiger charge is 2.33. The Morgan fingerprint density at radius 2 is 2.16 bits per heavy atom. The summed E-state index contributed by atoms with van der Waals surface area (Å²) in [5.41, 5.74) is 2.00. The van der Waals surface area contributed by atoms with E-state index in [0.717, 1.165) is 0 Å². The second-order valence-electron chi connectivity index (χ2n) is 3.62. The van der Waals surface area contributed by atoms with E-state index >= 15 is 0 Å². The van der Waals surface area contributed by atoms with Gasteiger partial charge in [0.2, 0.25) is 0 Å². The van der Waals surface area contributed by atoms with Crippen molar-refractivity contribution in [3.63, 3.8) is 0 Å². The van der Waals surface area contributed by atoms with Crippen molar-refractivity contribution in [1.82, 2.24) is 9.88 Å². The number of aliphatic hydroxyl groups excluding tert-OH is 1. The summed E-state index contributed by atoms with van der Waals surface area (Å²) in [4.78, 5) is 16.1. The standard InChI is InChI=1S/C10H13F3N4O2/c11-10(12,13)6-17(4-5-18)9(19)7-2-1-3-8(15-7)16-14/h1-3,18H,4-6,14H2,(H,15,16). The van der Waals surface area contributed by atoms with Gasteiger partial charge in [-0.1, -0.05) is 6.07 Å². The predicted octanol–water partition coefficient (Wildman–Crippen LogP) is 0.364. The molecule has 0 saturated heterocycles. The molecule has 1 amide bonds. The first kappa shape index (κ1) is 15.2. The summed E-state index contributed by atoms with van der Waals surface area (Å²) < 4.78 is 37.0. The number of pyridine rings is 1. The van der Waals surface area contributed by atoms with Crippen LogP contribution < -0.4 is 11.3 Å². The number of nitrogens with two attached hydrogens (primary N) is 1. The molecule has 0 spiro atoms. The fraction of sp³-hybridized carbons (Fsp3) is 0.400. The monoisotopic (exact) mass is 278 g/mol. The molecule has 0 saturated carbocycles. The highest BCUT2D eigenvalue weighted by molar-refractivity contribution is 5.92. The Morgan fingerprint density at radius 1 is 1.47 bits per heavy atom. The lowest BCUT2D eigenvalue weighted by molar-refractivity contribution is -0.141. The van der Waals surface area contributed by atoms with E-state index in [1.807, 2.05) is 0 Å². The first-order valence-corrected chi connectivity index (χ1v) is 5.28. The third-order valence-corrected chi connectivity index (χ3v) is 2.14. The number of aromatic nitrogens is 1. The van der Waals surface area contributed by atoms with Crippen LogP contribution in [0, 0.1) is 0 Å². The van der Waals surface area contributed by atoms with Gasteiger partial charge >= 0.3 is 6.18 Å². The molecule has 6 nitrogen and oxygen atoms in total. The predicted molar refractivity (Wildman–Crippen MR) is 61.1 cm³/mol. The van der Waals surface area contributed by atoms with Crippen molar-refractivity contribution in [2.75, 3.05) is 25.1 Å². The molecule has 19 heavy (non-hydrogen) atoms. The van der Waals surface area contributed by atoms with Crippen LogP contribution in [0.25, 0.3) is 0 Å². The number of halogens is 3. The Kier molecular flexibility index (Phi) is 5.07. The van der Waals surface area contributed by atoms with E-state index in [0.29, 0.717) is 4.90 Å². The van der Waals surface area contributed by atoms with E-state index in [9.17, 15) is 18.0 Å². The zero-order valence-electron chi connectivity index (χ0n) is 9.81. The Labute approximate surface area is 107 Å². The fourth-order valence-electron chi connectivity index (χ4n) is 1.39. The number of nitrogens with zero attached hydrogens (tertiary/aromatic N) is 2. The maximum atomic E-state index is 12.3. The first-order valence-electron chi connectivity index (χ1n) is 5.28. The van der Waals surface area contributed by atoms with E-state index in [2.05, 4.69) is 10.4 Å². The second-order valence-corrected chi connectivity index (χ2v) is 3.62. The lowest BCUT2D eigenvalue weighted by Crippen LogP contribution is -2.41. The number of nitrogen functional groups attached to an aromatic ring is 1. The van der Waals surface area contributed by atoms with Gasteiger partial charge in [-0.3, -0.25) is 4.79 Å². The number of alkyl halides is 3. The molecule has 106 valence electrons. The van der Waals surface area contributed by atoms with Crippen LogP contribution in [0.3, 0.4) is 0 Å². The maximum Gasteiger partial charge on any atom is 0.406 e. The van der Waals surface area contributed by atoms with Crippen LogP contribution in [-0.2, 0) is 0 Å². The number of rotatable bonds is 5. The van der Waals surface area contributed by atoms with E-state index in [4.69, 9.17) is 10.9 Å². The highest BCUT2D eigenvalue weighted by Crippen LogP contribution is 2.18. The van der Waals surface area contributed by atoms with Crippen LogP contribution in [0.4, 0.5) is 19.0 Å². The molecule has 0 aromatic carbocycles. The molecule has 1 aromatic heterocycles. The number of carbonyl (C=O) groups is 1. The van der Waals surface area contributed by atoms with E-state index in [1.165, 1.54) is 18.2 Å². The molecule has 0 aliphatic carbocycles. The molecule has 0 bridgehead atoms. The van der Waals surface area contributed by atoms with Crippen molar-refractivity contribution in [2.24, 2.45) is 5.84 Å². The largest absolute Gasteiger partial charge is 0.406 e. The summed E-state index contributed by atoms with van der Waals surface area (Å²) in [6, 6.07) is 4.15. The maximum absolute atomic E-state index is 12.3. The highest BCUT2D eigenvalue weighted by atomic mass is 19.4. The van der Waals surface area contributed by atoms with Gasteiger partial charge in [-0.25, -0.2) is 10.8 Å². The van der Waals surface area contributed by atoms with Crippen LogP contribution in [0.15, 0.2) is 18.2 Å². The number of hydrazine groups is 1. The Bertz CT molecular complexity index is 439. The number of hydrogen-bond acceptors (Lipinski definition) is 5. The van der Waals surface area contributed by atoms with Gasteiger partial charge in [-0.15, -0.1) is 0 Å². The van der Waals surface area contributed by atoms with Crippen molar-refractivity contribution in [3.05, 3.63) is 23.9 Å². The summed E-state index contributed by atoms with van der Waals surface area (Å²) >= 11 is 0. The molecule has 1 aromatic rings. The first-order chi connectivity index (χ1) is 8.87. The number of carbonyl (C=O) groups excluding carboxylic acids is 1. The van der Waals surface area contributed by atoms with Crippen molar-refractivity contribution < 1.29 is 23.1 Å². The molecule has 0 atom stereocenters. The van der Waals surface area contributed by atoms with Crippen LogP contribution in [0.2, 0.25) is 0 Å². The zero-order chi connectivity index (χ0) is 14.5. The molecular formula is C10H13F3N4O2. The minimum Gasteiger partial charge on any atom is -0.395 e. The van der Waals surface area contributed by atoms with E-state index < -0.39 is 31.8 Å². The van der Waals surface area contributed by atoms with Crippen LogP contribution in [-0.4, -0.2) is 46.8 Å². The Hall–Kier alpha value is -1.87. The Balaban J connectivity index is 2.91. The van der Waals surface area contributed by atoms with E-state index in [1.54, 1.807) is 0 Å². The molecule has 0 fully saturated rings. The van der Waals surface area contributed by atoms with Gasteiger partial charge in [-0.05, 0) is 12.1 Å². The van der Waals surface area contributed by atoms with Gasteiger partial charge in [0.15, 0.2) is 0 Å². The van der Waals surface area contributed by atoms with Crippen molar-refractivity contribution in [3.8, 4) is 0 Å². The minimum absolute atomic E-state index is 0.154. The van der Waals surface area contributed by atoms with Gasteiger partial charge < -0.3 is 15.4 Å². The summed E-state index contributed by atoms with van der Waals surface area (Å²) in [5, 5.41) is 8.72.